The van der Waals surface area contributed by atoms with Crippen LogP contribution in [-0.2, 0) is 6.54 Å². The van der Waals surface area contributed by atoms with Crippen molar-refractivity contribution in [3.05, 3.63) is 50.6 Å². The fourth-order valence-corrected chi connectivity index (χ4v) is 4.19. The summed E-state index contributed by atoms with van der Waals surface area (Å²) in [5, 5.41) is 5.64. The number of nitrogens with zero attached hydrogens (tertiary/aromatic N) is 1. The standard InChI is InChI=1S/C15H17BrN2S/c1-18(9-13-6-12(16)10-19-13)8-11-7-17-15-5-3-2-4-14(11)15/h2-6,10-11,17H,7-9H2,1H3. The minimum Gasteiger partial charge on any atom is -0.384 e. The predicted molar refractivity (Wildman–Crippen MR) is 86.0 cm³/mol. The van der Waals surface area contributed by atoms with Crippen molar-refractivity contribution < 1.29 is 0 Å². The first-order valence-corrected chi connectivity index (χ1v) is 8.14. The molecule has 0 saturated heterocycles. The van der Waals surface area contributed by atoms with Gasteiger partial charge in [0.1, 0.15) is 0 Å². The first kappa shape index (κ1) is 13.2. The molecule has 1 N–H and O–H groups in total. The van der Waals surface area contributed by atoms with Crippen LogP contribution in [0.1, 0.15) is 16.4 Å². The molecule has 0 saturated carbocycles. The minimum absolute atomic E-state index is 0.601. The van der Waals surface area contributed by atoms with E-state index in [9.17, 15) is 0 Å². The third-order valence-electron chi connectivity index (χ3n) is 3.52. The van der Waals surface area contributed by atoms with Gasteiger partial charge >= 0.3 is 0 Å². The number of benzene rings is 1. The van der Waals surface area contributed by atoms with Crippen LogP contribution in [0.5, 0.6) is 0 Å². The van der Waals surface area contributed by atoms with E-state index in [0.29, 0.717) is 5.92 Å². The molecule has 0 spiro atoms. The average molecular weight is 337 g/mol. The Morgan fingerprint density at radius 1 is 1.42 bits per heavy atom. The highest BCUT2D eigenvalue weighted by Gasteiger charge is 2.22. The number of fused-ring (bicyclic) bond motifs is 1. The molecule has 1 unspecified atom stereocenters. The quantitative estimate of drug-likeness (QED) is 0.902. The summed E-state index contributed by atoms with van der Waals surface area (Å²) in [6, 6.07) is 10.9. The third-order valence-corrected chi connectivity index (χ3v) is 5.20. The number of halogens is 1. The van der Waals surface area contributed by atoms with Crippen molar-refractivity contribution in [3.63, 3.8) is 0 Å². The first-order chi connectivity index (χ1) is 9.22. The number of thiophene rings is 1. The predicted octanol–water partition coefficient (Wildman–Crippen LogP) is 4.15. The van der Waals surface area contributed by atoms with Gasteiger partial charge in [-0.2, -0.15) is 0 Å². The van der Waals surface area contributed by atoms with E-state index < -0.39 is 0 Å². The summed E-state index contributed by atoms with van der Waals surface area (Å²) < 4.78 is 1.19. The second kappa shape index (κ2) is 5.65. The topological polar surface area (TPSA) is 15.3 Å². The van der Waals surface area contributed by atoms with Gasteiger partial charge in [0.2, 0.25) is 0 Å². The van der Waals surface area contributed by atoms with Crippen LogP contribution >= 0.6 is 27.3 Å². The maximum Gasteiger partial charge on any atom is 0.0376 e. The molecule has 0 aliphatic carbocycles. The van der Waals surface area contributed by atoms with E-state index in [1.807, 2.05) is 11.3 Å². The number of likely N-dealkylation sites (N-methyl/N-ethyl adjacent to an activating group) is 1. The molecule has 2 aromatic rings. The summed E-state index contributed by atoms with van der Waals surface area (Å²) in [6.07, 6.45) is 0. The lowest BCUT2D eigenvalue weighted by Gasteiger charge is -2.20. The lowest BCUT2D eigenvalue weighted by atomic mass is 10.0. The molecule has 3 rings (SSSR count). The molecule has 1 aromatic carbocycles. The molecular formula is C15H17BrN2S. The number of anilines is 1. The van der Waals surface area contributed by atoms with Crippen LogP contribution in [0.25, 0.3) is 0 Å². The Kier molecular flexibility index (Phi) is 3.91. The Hall–Kier alpha value is -0.840. The van der Waals surface area contributed by atoms with Crippen molar-refractivity contribution >= 4 is 33.0 Å². The van der Waals surface area contributed by atoms with Crippen LogP contribution < -0.4 is 5.32 Å². The number of para-hydroxylation sites is 1. The van der Waals surface area contributed by atoms with Crippen molar-refractivity contribution in [2.24, 2.45) is 0 Å². The lowest BCUT2D eigenvalue weighted by Crippen LogP contribution is -2.24. The molecule has 1 aliphatic rings. The number of hydrogen-bond donors (Lipinski definition) is 1. The van der Waals surface area contributed by atoms with Crippen LogP contribution in [0.2, 0.25) is 0 Å². The number of nitrogens with one attached hydrogen (secondary N) is 1. The molecule has 1 aliphatic heterocycles. The zero-order valence-electron chi connectivity index (χ0n) is 10.9. The summed E-state index contributed by atoms with van der Waals surface area (Å²) in [6.45, 7) is 3.17. The average Bonchev–Trinajstić information content (AvgIpc) is 2.97. The van der Waals surface area contributed by atoms with Gasteiger partial charge < -0.3 is 10.2 Å². The Morgan fingerprint density at radius 2 is 2.26 bits per heavy atom. The molecule has 0 bridgehead atoms. The van der Waals surface area contributed by atoms with Gasteiger partial charge in [-0.05, 0) is 40.7 Å². The molecule has 0 fully saturated rings. The summed E-state index contributed by atoms with van der Waals surface area (Å²) >= 11 is 5.33. The van der Waals surface area contributed by atoms with Gasteiger partial charge in [-0.1, -0.05) is 18.2 Å². The molecule has 100 valence electrons. The van der Waals surface area contributed by atoms with E-state index in [0.717, 1.165) is 19.6 Å². The van der Waals surface area contributed by atoms with Crippen molar-refractivity contribution in [1.29, 1.82) is 0 Å². The summed E-state index contributed by atoms with van der Waals surface area (Å²) in [4.78, 5) is 3.82. The molecule has 2 heterocycles. The second-order valence-electron chi connectivity index (χ2n) is 5.09. The Balaban J connectivity index is 1.63. The van der Waals surface area contributed by atoms with E-state index >= 15 is 0 Å². The van der Waals surface area contributed by atoms with Gasteiger partial charge in [0.25, 0.3) is 0 Å². The van der Waals surface area contributed by atoms with E-state index in [1.165, 1.54) is 20.6 Å². The molecule has 2 nitrogen and oxygen atoms in total. The van der Waals surface area contributed by atoms with Crippen molar-refractivity contribution in [2.75, 3.05) is 25.5 Å². The monoisotopic (exact) mass is 336 g/mol. The maximum atomic E-state index is 3.51. The van der Waals surface area contributed by atoms with Crippen molar-refractivity contribution in [2.45, 2.75) is 12.5 Å². The Morgan fingerprint density at radius 3 is 3.05 bits per heavy atom. The highest BCUT2D eigenvalue weighted by Crippen LogP contribution is 2.31. The van der Waals surface area contributed by atoms with Gasteiger partial charge in [-0.25, -0.2) is 0 Å². The Bertz CT molecular complexity index is 567. The first-order valence-electron chi connectivity index (χ1n) is 6.46. The van der Waals surface area contributed by atoms with E-state index in [-0.39, 0.29) is 0 Å². The van der Waals surface area contributed by atoms with Gasteiger partial charge in [0.05, 0.1) is 0 Å². The van der Waals surface area contributed by atoms with E-state index in [1.54, 1.807) is 0 Å². The smallest absolute Gasteiger partial charge is 0.0376 e. The highest BCUT2D eigenvalue weighted by atomic mass is 79.9. The molecular weight excluding hydrogens is 320 g/mol. The fraction of sp³-hybridized carbons (Fsp3) is 0.333. The fourth-order valence-electron chi connectivity index (χ4n) is 2.66. The molecule has 1 aromatic heterocycles. The molecule has 4 heteroatoms. The summed E-state index contributed by atoms with van der Waals surface area (Å²) in [7, 11) is 2.20. The normalized spacial score (nSPS) is 17.5. The minimum atomic E-state index is 0.601. The van der Waals surface area contributed by atoms with Crippen molar-refractivity contribution in [1.82, 2.24) is 4.90 Å². The van der Waals surface area contributed by atoms with Crippen LogP contribution in [-0.4, -0.2) is 25.0 Å². The van der Waals surface area contributed by atoms with E-state index in [2.05, 4.69) is 68.9 Å². The Labute approximate surface area is 126 Å². The van der Waals surface area contributed by atoms with Gasteiger partial charge in [-0.3, -0.25) is 0 Å². The number of rotatable bonds is 4. The van der Waals surface area contributed by atoms with Crippen LogP contribution in [0.3, 0.4) is 0 Å². The van der Waals surface area contributed by atoms with Crippen molar-refractivity contribution in [3.8, 4) is 0 Å². The van der Waals surface area contributed by atoms with Crippen LogP contribution in [0.4, 0.5) is 5.69 Å². The zero-order chi connectivity index (χ0) is 13.2. The van der Waals surface area contributed by atoms with Gasteiger partial charge in [-0.15, -0.1) is 11.3 Å². The molecule has 19 heavy (non-hydrogen) atoms. The number of hydrogen-bond acceptors (Lipinski definition) is 3. The van der Waals surface area contributed by atoms with Gasteiger partial charge in [0, 0.05) is 46.0 Å². The third kappa shape index (κ3) is 3.02. The maximum absolute atomic E-state index is 3.51. The molecule has 0 radical (unpaired) electrons. The van der Waals surface area contributed by atoms with Gasteiger partial charge in [0.15, 0.2) is 0 Å². The molecule has 0 amide bonds. The van der Waals surface area contributed by atoms with Crippen LogP contribution in [0, 0.1) is 0 Å². The zero-order valence-corrected chi connectivity index (χ0v) is 13.3. The largest absolute Gasteiger partial charge is 0.384 e. The summed E-state index contributed by atoms with van der Waals surface area (Å²) in [5.41, 5.74) is 2.77. The lowest BCUT2D eigenvalue weighted by molar-refractivity contribution is 0.312. The van der Waals surface area contributed by atoms with Crippen LogP contribution in [0.15, 0.2) is 40.2 Å². The van der Waals surface area contributed by atoms with E-state index in [4.69, 9.17) is 0 Å². The summed E-state index contributed by atoms with van der Waals surface area (Å²) in [5.74, 6) is 0.601. The second-order valence-corrected chi connectivity index (χ2v) is 7.00. The highest BCUT2D eigenvalue weighted by molar-refractivity contribution is 9.10. The SMILES string of the molecule is CN(Cc1cc(Br)cs1)CC1CNc2ccccc21. The molecule has 1 atom stereocenters.